The minimum absolute atomic E-state index is 0.116. The highest BCUT2D eigenvalue weighted by Crippen LogP contribution is 2.38. The number of aromatic nitrogens is 1. The zero-order valence-corrected chi connectivity index (χ0v) is 18.5. The van der Waals surface area contributed by atoms with E-state index >= 15 is 0 Å². The minimum Gasteiger partial charge on any atom is -0.497 e. The Kier molecular flexibility index (Phi) is 6.65. The van der Waals surface area contributed by atoms with Gasteiger partial charge in [-0.05, 0) is 49.2 Å². The average Bonchev–Trinajstić information content (AvgIpc) is 3.11. The number of thioether (sulfide) groups is 1. The van der Waals surface area contributed by atoms with Crippen molar-refractivity contribution < 1.29 is 9.53 Å². The van der Waals surface area contributed by atoms with E-state index in [0.29, 0.717) is 21.6 Å². The number of hydrogen-bond donors (Lipinski definition) is 0. The van der Waals surface area contributed by atoms with Gasteiger partial charge in [0.05, 0.1) is 23.5 Å². The standard InChI is InChI=1S/C21H21ClN2O2S2/c1-13-8-14(2)20(19(22)9-13)24(15(3)25)21-23-16(12-28-21)11-27-18-7-5-6-17(10-18)26-4/h5-10,12H,11H2,1-4H3. The van der Waals surface area contributed by atoms with E-state index in [2.05, 4.69) is 4.98 Å². The molecular weight excluding hydrogens is 412 g/mol. The summed E-state index contributed by atoms with van der Waals surface area (Å²) >= 11 is 9.58. The number of ether oxygens (including phenoxy) is 1. The molecule has 1 amide bonds. The molecule has 3 rings (SSSR count). The van der Waals surface area contributed by atoms with E-state index in [-0.39, 0.29) is 5.91 Å². The average molecular weight is 433 g/mol. The van der Waals surface area contributed by atoms with Crippen molar-refractivity contribution in [2.45, 2.75) is 31.4 Å². The Morgan fingerprint density at radius 1 is 1.29 bits per heavy atom. The van der Waals surface area contributed by atoms with E-state index in [1.54, 1.807) is 23.8 Å². The third kappa shape index (κ3) is 4.69. The lowest BCUT2D eigenvalue weighted by Crippen LogP contribution is -2.24. The van der Waals surface area contributed by atoms with E-state index in [1.807, 2.05) is 55.6 Å². The summed E-state index contributed by atoms with van der Waals surface area (Å²) in [7, 11) is 1.66. The zero-order chi connectivity index (χ0) is 20.3. The van der Waals surface area contributed by atoms with Gasteiger partial charge >= 0.3 is 0 Å². The van der Waals surface area contributed by atoms with E-state index in [0.717, 1.165) is 27.5 Å². The fourth-order valence-electron chi connectivity index (χ4n) is 2.89. The van der Waals surface area contributed by atoms with Crippen molar-refractivity contribution in [2.75, 3.05) is 12.0 Å². The summed E-state index contributed by atoms with van der Waals surface area (Å²) in [6.45, 7) is 5.47. The van der Waals surface area contributed by atoms with Gasteiger partial charge in [-0.25, -0.2) is 4.98 Å². The molecule has 0 aliphatic rings. The number of carbonyl (C=O) groups excluding carboxylic acids is 1. The fourth-order valence-corrected chi connectivity index (χ4v) is 5.11. The quantitative estimate of drug-likeness (QED) is 0.422. The van der Waals surface area contributed by atoms with Gasteiger partial charge in [-0.15, -0.1) is 23.1 Å². The molecule has 0 radical (unpaired) electrons. The lowest BCUT2D eigenvalue weighted by Gasteiger charge is -2.22. The van der Waals surface area contributed by atoms with E-state index in [4.69, 9.17) is 16.3 Å². The van der Waals surface area contributed by atoms with Crippen LogP contribution in [0.15, 0.2) is 46.7 Å². The molecule has 1 heterocycles. The van der Waals surface area contributed by atoms with Crippen LogP contribution < -0.4 is 9.64 Å². The van der Waals surface area contributed by atoms with Crippen molar-refractivity contribution in [3.8, 4) is 5.75 Å². The Balaban J connectivity index is 1.83. The van der Waals surface area contributed by atoms with Crippen molar-refractivity contribution in [1.29, 1.82) is 0 Å². The van der Waals surface area contributed by atoms with Crippen LogP contribution in [0, 0.1) is 13.8 Å². The Morgan fingerprint density at radius 2 is 2.07 bits per heavy atom. The lowest BCUT2D eigenvalue weighted by molar-refractivity contribution is -0.115. The monoisotopic (exact) mass is 432 g/mol. The highest BCUT2D eigenvalue weighted by molar-refractivity contribution is 7.98. The van der Waals surface area contributed by atoms with Crippen LogP contribution >= 0.6 is 34.7 Å². The van der Waals surface area contributed by atoms with Gasteiger partial charge < -0.3 is 4.74 Å². The predicted octanol–water partition coefficient (Wildman–Crippen LogP) is 6.40. The first-order valence-corrected chi connectivity index (χ1v) is 10.9. The topological polar surface area (TPSA) is 42.4 Å². The second kappa shape index (κ2) is 8.99. The molecule has 0 atom stereocenters. The minimum atomic E-state index is -0.116. The number of nitrogens with zero attached hydrogens (tertiary/aromatic N) is 2. The Bertz CT molecular complexity index is 981. The first kappa shape index (κ1) is 20.7. The molecule has 0 N–H and O–H groups in total. The number of amides is 1. The SMILES string of the molecule is COc1cccc(SCc2csc(N(C(C)=O)c3c(C)cc(C)cc3Cl)n2)c1. The van der Waals surface area contributed by atoms with Crippen LogP contribution in [0.1, 0.15) is 23.7 Å². The summed E-state index contributed by atoms with van der Waals surface area (Å²) in [5.41, 5.74) is 3.62. The van der Waals surface area contributed by atoms with Gasteiger partial charge in [0.1, 0.15) is 5.75 Å². The molecule has 3 aromatic rings. The van der Waals surface area contributed by atoms with Crippen molar-refractivity contribution in [2.24, 2.45) is 0 Å². The molecule has 146 valence electrons. The molecule has 0 spiro atoms. The Hall–Kier alpha value is -2.02. The number of anilines is 2. The fraction of sp³-hybridized carbons (Fsp3) is 0.238. The molecule has 7 heteroatoms. The van der Waals surface area contributed by atoms with Gasteiger partial charge in [0.2, 0.25) is 5.91 Å². The van der Waals surface area contributed by atoms with Crippen LogP contribution in [-0.4, -0.2) is 18.0 Å². The number of benzene rings is 2. The Morgan fingerprint density at radius 3 is 2.75 bits per heavy atom. The molecule has 0 saturated carbocycles. The van der Waals surface area contributed by atoms with Crippen molar-refractivity contribution in [3.63, 3.8) is 0 Å². The van der Waals surface area contributed by atoms with Gasteiger partial charge in [0.25, 0.3) is 0 Å². The maximum absolute atomic E-state index is 12.4. The van der Waals surface area contributed by atoms with Gasteiger partial charge in [-0.1, -0.05) is 23.7 Å². The molecular formula is C21H21ClN2O2S2. The molecule has 0 unspecified atom stereocenters. The normalized spacial score (nSPS) is 10.8. The summed E-state index contributed by atoms with van der Waals surface area (Å²) in [4.78, 5) is 19.8. The summed E-state index contributed by atoms with van der Waals surface area (Å²) in [6.07, 6.45) is 0. The van der Waals surface area contributed by atoms with Crippen LogP contribution in [0.2, 0.25) is 5.02 Å². The molecule has 2 aromatic carbocycles. The summed E-state index contributed by atoms with van der Waals surface area (Å²) in [6, 6.07) is 11.8. The number of halogens is 1. The summed E-state index contributed by atoms with van der Waals surface area (Å²) < 4.78 is 5.27. The van der Waals surface area contributed by atoms with Crippen LogP contribution in [0.5, 0.6) is 5.75 Å². The smallest absolute Gasteiger partial charge is 0.230 e. The van der Waals surface area contributed by atoms with Gasteiger partial charge in [0, 0.05) is 23.0 Å². The Labute approximate surface area is 178 Å². The third-order valence-electron chi connectivity index (χ3n) is 4.10. The molecule has 28 heavy (non-hydrogen) atoms. The van der Waals surface area contributed by atoms with Crippen molar-refractivity contribution in [3.05, 3.63) is 63.6 Å². The number of carbonyl (C=O) groups is 1. The van der Waals surface area contributed by atoms with Gasteiger partial charge in [-0.2, -0.15) is 0 Å². The number of thiazole rings is 1. The molecule has 0 aliphatic carbocycles. The third-order valence-corrected chi connectivity index (χ3v) is 6.29. The van der Waals surface area contributed by atoms with Gasteiger partial charge in [-0.3, -0.25) is 9.69 Å². The molecule has 4 nitrogen and oxygen atoms in total. The number of aryl methyl sites for hydroxylation is 2. The van der Waals surface area contributed by atoms with Crippen LogP contribution in [0.3, 0.4) is 0 Å². The maximum atomic E-state index is 12.4. The molecule has 0 fully saturated rings. The lowest BCUT2D eigenvalue weighted by atomic mass is 10.1. The largest absolute Gasteiger partial charge is 0.497 e. The molecule has 0 aliphatic heterocycles. The van der Waals surface area contributed by atoms with E-state index < -0.39 is 0 Å². The van der Waals surface area contributed by atoms with Crippen molar-refractivity contribution in [1.82, 2.24) is 4.98 Å². The highest BCUT2D eigenvalue weighted by atomic mass is 35.5. The number of methoxy groups -OCH3 is 1. The predicted molar refractivity (Wildman–Crippen MR) is 118 cm³/mol. The molecule has 1 aromatic heterocycles. The first-order valence-electron chi connectivity index (χ1n) is 8.67. The second-order valence-electron chi connectivity index (χ2n) is 6.36. The number of rotatable bonds is 6. The maximum Gasteiger partial charge on any atom is 0.230 e. The molecule has 0 saturated heterocycles. The molecule has 0 bridgehead atoms. The first-order chi connectivity index (χ1) is 13.4. The van der Waals surface area contributed by atoms with E-state index in [9.17, 15) is 4.79 Å². The van der Waals surface area contributed by atoms with E-state index in [1.165, 1.54) is 18.3 Å². The highest BCUT2D eigenvalue weighted by Gasteiger charge is 2.22. The zero-order valence-electron chi connectivity index (χ0n) is 16.2. The van der Waals surface area contributed by atoms with Crippen LogP contribution in [-0.2, 0) is 10.5 Å². The van der Waals surface area contributed by atoms with Crippen LogP contribution in [0.25, 0.3) is 0 Å². The second-order valence-corrected chi connectivity index (χ2v) is 8.65. The van der Waals surface area contributed by atoms with Gasteiger partial charge in [0.15, 0.2) is 5.13 Å². The number of hydrogen-bond acceptors (Lipinski definition) is 5. The summed E-state index contributed by atoms with van der Waals surface area (Å²) in [5.74, 6) is 1.42. The van der Waals surface area contributed by atoms with Crippen LogP contribution in [0.4, 0.5) is 10.8 Å². The van der Waals surface area contributed by atoms with Crippen molar-refractivity contribution >= 4 is 51.4 Å². The summed E-state index contributed by atoms with van der Waals surface area (Å²) in [5, 5.41) is 3.16.